The molecular weight excluding hydrogens is 383 g/mol. The molecule has 4 nitrogen and oxygen atoms in total. The van der Waals surface area contributed by atoms with Crippen molar-refractivity contribution in [2.45, 2.75) is 39.5 Å². The molecule has 29 heavy (non-hydrogen) atoms. The first-order valence-corrected chi connectivity index (χ1v) is 11.5. The van der Waals surface area contributed by atoms with Crippen LogP contribution in [-0.2, 0) is 17.4 Å². The summed E-state index contributed by atoms with van der Waals surface area (Å²) in [4.78, 5) is 0. The largest absolute Gasteiger partial charge is 0.647 e. The summed E-state index contributed by atoms with van der Waals surface area (Å²) in [5.41, 5.74) is 1.94. The fourth-order valence-corrected chi connectivity index (χ4v) is 4.37. The summed E-state index contributed by atoms with van der Waals surface area (Å²) >= 11 is 0. The van der Waals surface area contributed by atoms with E-state index >= 15 is 0 Å². The van der Waals surface area contributed by atoms with Gasteiger partial charge in [0.1, 0.15) is 17.2 Å². The van der Waals surface area contributed by atoms with Crippen LogP contribution in [0.1, 0.15) is 37.8 Å². The summed E-state index contributed by atoms with van der Waals surface area (Å²) < 4.78 is 31.4. The molecule has 0 saturated carbocycles. The maximum absolute atomic E-state index is 13.8. The SMILES string of the molecule is CCCc1ccccc1OP(=O)(Oc1ccccc1)Oc1ccccc1CCC. The van der Waals surface area contributed by atoms with Gasteiger partial charge in [-0.3, -0.25) is 0 Å². The molecule has 0 amide bonds. The van der Waals surface area contributed by atoms with Crippen molar-refractivity contribution in [1.29, 1.82) is 0 Å². The summed E-state index contributed by atoms with van der Waals surface area (Å²) in [7, 11) is -3.99. The Hall–Kier alpha value is -2.71. The molecule has 3 aromatic carbocycles. The Labute approximate surface area is 173 Å². The highest BCUT2D eigenvalue weighted by molar-refractivity contribution is 7.49. The van der Waals surface area contributed by atoms with Gasteiger partial charge >= 0.3 is 7.82 Å². The Morgan fingerprint density at radius 2 is 1.07 bits per heavy atom. The van der Waals surface area contributed by atoms with Crippen LogP contribution < -0.4 is 13.6 Å². The van der Waals surface area contributed by atoms with E-state index in [1.54, 1.807) is 24.3 Å². The molecule has 3 aromatic rings. The number of hydrogen-bond donors (Lipinski definition) is 0. The van der Waals surface area contributed by atoms with Crippen LogP contribution in [0.3, 0.4) is 0 Å². The van der Waals surface area contributed by atoms with E-state index in [-0.39, 0.29) is 0 Å². The zero-order valence-electron chi connectivity index (χ0n) is 16.9. The van der Waals surface area contributed by atoms with Crippen molar-refractivity contribution < 1.29 is 18.1 Å². The number of aryl methyl sites for hydroxylation is 2. The molecule has 0 aliphatic heterocycles. The molecule has 152 valence electrons. The first kappa shape index (κ1) is 21.0. The maximum Gasteiger partial charge on any atom is 0.647 e. The lowest BCUT2D eigenvalue weighted by Crippen LogP contribution is -2.09. The van der Waals surface area contributed by atoms with Gasteiger partial charge in [0.2, 0.25) is 0 Å². The van der Waals surface area contributed by atoms with Crippen molar-refractivity contribution in [3.05, 3.63) is 90.0 Å². The average Bonchev–Trinajstić information content (AvgIpc) is 2.72. The lowest BCUT2D eigenvalue weighted by Gasteiger charge is -2.22. The number of phosphoric acid groups is 1. The Morgan fingerprint density at radius 3 is 1.55 bits per heavy atom. The highest BCUT2D eigenvalue weighted by Crippen LogP contribution is 2.51. The molecular formula is C24H27O4P. The van der Waals surface area contributed by atoms with Crippen molar-refractivity contribution in [1.82, 2.24) is 0 Å². The van der Waals surface area contributed by atoms with Gasteiger partial charge in [0.15, 0.2) is 0 Å². The summed E-state index contributed by atoms with van der Waals surface area (Å²) in [6, 6.07) is 24.1. The van der Waals surface area contributed by atoms with Crippen LogP contribution in [0.5, 0.6) is 17.2 Å². The van der Waals surface area contributed by atoms with Gasteiger partial charge in [0.25, 0.3) is 0 Å². The minimum absolute atomic E-state index is 0.428. The van der Waals surface area contributed by atoms with Gasteiger partial charge in [-0.15, -0.1) is 0 Å². The monoisotopic (exact) mass is 410 g/mol. The Kier molecular flexibility index (Phi) is 7.37. The zero-order valence-corrected chi connectivity index (χ0v) is 17.8. The topological polar surface area (TPSA) is 44.8 Å². The highest BCUT2D eigenvalue weighted by Gasteiger charge is 2.34. The van der Waals surface area contributed by atoms with E-state index in [0.717, 1.165) is 36.8 Å². The lowest BCUT2D eigenvalue weighted by molar-refractivity contribution is 0.296. The molecule has 0 unspecified atom stereocenters. The van der Waals surface area contributed by atoms with E-state index in [2.05, 4.69) is 13.8 Å². The molecule has 0 heterocycles. The van der Waals surface area contributed by atoms with Gasteiger partial charge < -0.3 is 13.6 Å². The molecule has 0 fully saturated rings. The van der Waals surface area contributed by atoms with E-state index in [1.165, 1.54) is 0 Å². The van der Waals surface area contributed by atoms with Crippen LogP contribution in [-0.4, -0.2) is 0 Å². The molecule has 0 saturated heterocycles. The van der Waals surface area contributed by atoms with Crippen LogP contribution in [0.25, 0.3) is 0 Å². The van der Waals surface area contributed by atoms with Gasteiger partial charge in [-0.05, 0) is 48.2 Å². The average molecular weight is 410 g/mol. The van der Waals surface area contributed by atoms with E-state index in [9.17, 15) is 4.57 Å². The predicted molar refractivity (Wildman–Crippen MR) is 117 cm³/mol. The molecule has 0 atom stereocenters. The number of phosphoric ester groups is 1. The fourth-order valence-electron chi connectivity index (χ4n) is 3.04. The third kappa shape index (κ3) is 5.88. The molecule has 0 radical (unpaired) electrons. The summed E-state index contributed by atoms with van der Waals surface area (Å²) in [6.07, 6.45) is 3.52. The number of para-hydroxylation sites is 3. The van der Waals surface area contributed by atoms with Crippen LogP contribution in [0.2, 0.25) is 0 Å². The van der Waals surface area contributed by atoms with Crippen LogP contribution >= 0.6 is 7.82 Å². The smallest absolute Gasteiger partial charge is 0.386 e. The fraction of sp³-hybridized carbons (Fsp3) is 0.250. The van der Waals surface area contributed by atoms with Gasteiger partial charge in [0.05, 0.1) is 0 Å². The first-order chi connectivity index (χ1) is 14.1. The van der Waals surface area contributed by atoms with E-state index in [4.69, 9.17) is 13.6 Å². The predicted octanol–water partition coefficient (Wildman–Crippen LogP) is 7.24. The van der Waals surface area contributed by atoms with Crippen LogP contribution in [0.15, 0.2) is 78.9 Å². The molecule has 5 heteroatoms. The first-order valence-electron chi connectivity index (χ1n) is 10.0. The van der Waals surface area contributed by atoms with E-state index in [1.807, 2.05) is 54.6 Å². The third-order valence-corrected chi connectivity index (χ3v) is 5.64. The molecule has 0 bridgehead atoms. The second kappa shape index (κ2) is 10.2. The lowest BCUT2D eigenvalue weighted by atomic mass is 10.1. The van der Waals surface area contributed by atoms with Crippen molar-refractivity contribution in [2.24, 2.45) is 0 Å². The summed E-state index contributed by atoms with van der Waals surface area (Å²) in [5.74, 6) is 1.46. The normalized spacial score (nSPS) is 11.1. The standard InChI is InChI=1S/C24H27O4P/c1-3-12-20-14-8-10-18-23(20)27-29(25,26-22-16-6-5-7-17-22)28-24-19-11-9-15-21(24)13-4-2/h5-11,14-19H,3-4,12-13H2,1-2H3. The zero-order chi connectivity index (χ0) is 20.5. The molecule has 0 aliphatic rings. The third-order valence-electron chi connectivity index (χ3n) is 4.36. The number of hydrogen-bond acceptors (Lipinski definition) is 4. The van der Waals surface area contributed by atoms with E-state index < -0.39 is 7.82 Å². The summed E-state index contributed by atoms with van der Waals surface area (Å²) in [5, 5.41) is 0. The van der Waals surface area contributed by atoms with Crippen molar-refractivity contribution in [3.8, 4) is 17.2 Å². The Morgan fingerprint density at radius 1 is 0.621 bits per heavy atom. The second-order valence-corrected chi connectivity index (χ2v) is 8.19. The van der Waals surface area contributed by atoms with Crippen LogP contribution in [0.4, 0.5) is 0 Å². The molecule has 0 aromatic heterocycles. The quantitative estimate of drug-likeness (QED) is 0.331. The van der Waals surface area contributed by atoms with Gasteiger partial charge in [-0.2, -0.15) is 4.57 Å². The van der Waals surface area contributed by atoms with Crippen molar-refractivity contribution in [3.63, 3.8) is 0 Å². The van der Waals surface area contributed by atoms with Gasteiger partial charge in [0, 0.05) is 0 Å². The van der Waals surface area contributed by atoms with Gasteiger partial charge in [-0.1, -0.05) is 81.3 Å². The molecule has 0 spiro atoms. The van der Waals surface area contributed by atoms with E-state index in [0.29, 0.717) is 17.2 Å². The van der Waals surface area contributed by atoms with Crippen molar-refractivity contribution in [2.75, 3.05) is 0 Å². The molecule has 0 aliphatic carbocycles. The van der Waals surface area contributed by atoms with Crippen molar-refractivity contribution >= 4 is 7.82 Å². The number of rotatable bonds is 10. The Balaban J connectivity index is 1.95. The maximum atomic E-state index is 13.8. The summed E-state index contributed by atoms with van der Waals surface area (Å²) in [6.45, 7) is 4.18. The Bertz CT molecular complexity index is 900. The second-order valence-electron chi connectivity index (χ2n) is 6.75. The minimum Gasteiger partial charge on any atom is -0.386 e. The molecule has 0 N–H and O–H groups in total. The van der Waals surface area contributed by atoms with Crippen LogP contribution in [0, 0.1) is 0 Å². The minimum atomic E-state index is -3.99. The highest BCUT2D eigenvalue weighted by atomic mass is 31.2. The number of benzene rings is 3. The molecule has 3 rings (SSSR count). The van der Waals surface area contributed by atoms with Gasteiger partial charge in [-0.25, -0.2) is 0 Å².